The van der Waals surface area contributed by atoms with Crippen LogP contribution in [0.2, 0.25) is 0 Å². The number of hydrogen-bond acceptors (Lipinski definition) is 2. The lowest BCUT2D eigenvalue weighted by Gasteiger charge is -1.99. The molecule has 0 fully saturated rings. The summed E-state index contributed by atoms with van der Waals surface area (Å²) in [5.74, 6) is 1.61. The van der Waals surface area contributed by atoms with E-state index in [1.165, 1.54) is 17.8 Å². The fourth-order valence-electron chi connectivity index (χ4n) is 1.65. The molecule has 0 saturated carbocycles. The molecule has 0 aliphatic heterocycles. The van der Waals surface area contributed by atoms with Crippen molar-refractivity contribution in [1.29, 1.82) is 0 Å². The number of aromatic amines is 1. The van der Waals surface area contributed by atoms with Gasteiger partial charge in [0, 0.05) is 18.1 Å². The van der Waals surface area contributed by atoms with E-state index in [0.29, 0.717) is 5.88 Å². The summed E-state index contributed by atoms with van der Waals surface area (Å²) < 4.78 is 0. The minimum atomic E-state index is 0.702. The number of halogens is 1. The molecule has 0 bridgehead atoms. The highest BCUT2D eigenvalue weighted by Crippen LogP contribution is 2.20. The average Bonchev–Trinajstić information content (AvgIpc) is 2.64. The Morgan fingerprint density at radius 2 is 2.38 bits per heavy atom. The van der Waals surface area contributed by atoms with Gasteiger partial charge in [0.15, 0.2) is 0 Å². The first kappa shape index (κ1) is 8.88. The van der Waals surface area contributed by atoms with E-state index >= 15 is 0 Å². The number of H-pyrrole nitrogens is 1. The third-order valence-electron chi connectivity index (χ3n) is 2.31. The number of imidazole rings is 1. The van der Waals surface area contributed by atoms with E-state index < -0.39 is 0 Å². The molecule has 0 saturated heterocycles. The quantitative estimate of drug-likeness (QED) is 0.575. The lowest BCUT2D eigenvalue weighted by molar-refractivity contribution is 0.871. The van der Waals surface area contributed by atoms with Crippen molar-refractivity contribution in [2.24, 2.45) is 0 Å². The van der Waals surface area contributed by atoms with Crippen molar-refractivity contribution in [3.63, 3.8) is 0 Å². The second kappa shape index (κ2) is 4.01. The minimum Gasteiger partial charge on any atom is -0.356 e. The van der Waals surface area contributed by atoms with E-state index in [1.807, 2.05) is 0 Å². The molecule has 13 heavy (non-hydrogen) atoms. The fourth-order valence-corrected chi connectivity index (χ4v) is 1.78. The van der Waals surface area contributed by atoms with Gasteiger partial charge in [-0.15, -0.1) is 11.6 Å². The van der Waals surface area contributed by atoms with Gasteiger partial charge in [0.1, 0.15) is 0 Å². The smallest absolute Gasteiger partial charge is 0.200 e. The molecule has 0 spiro atoms. The third kappa shape index (κ3) is 1.97. The zero-order valence-corrected chi connectivity index (χ0v) is 8.32. The van der Waals surface area contributed by atoms with Gasteiger partial charge in [-0.3, -0.25) is 0 Å². The van der Waals surface area contributed by atoms with E-state index in [1.54, 1.807) is 0 Å². The van der Waals surface area contributed by atoms with Crippen molar-refractivity contribution in [2.75, 3.05) is 17.7 Å². The normalized spacial score (nSPS) is 14.5. The van der Waals surface area contributed by atoms with Gasteiger partial charge in [-0.05, 0) is 25.7 Å². The summed E-state index contributed by atoms with van der Waals surface area (Å²) in [6.07, 6.45) is 4.51. The first-order valence-electron chi connectivity index (χ1n) is 4.78. The van der Waals surface area contributed by atoms with Crippen molar-refractivity contribution < 1.29 is 0 Å². The van der Waals surface area contributed by atoms with Crippen LogP contribution in [0.25, 0.3) is 0 Å². The van der Waals surface area contributed by atoms with Crippen molar-refractivity contribution in [1.82, 2.24) is 9.97 Å². The van der Waals surface area contributed by atoms with Gasteiger partial charge in [-0.25, -0.2) is 4.98 Å². The number of nitrogens with zero attached hydrogens (tertiary/aromatic N) is 1. The largest absolute Gasteiger partial charge is 0.356 e. The van der Waals surface area contributed by atoms with Crippen molar-refractivity contribution >= 4 is 17.5 Å². The molecular formula is C9H14ClN3. The van der Waals surface area contributed by atoms with Crippen molar-refractivity contribution in [3.05, 3.63) is 11.4 Å². The van der Waals surface area contributed by atoms with Crippen molar-refractivity contribution in [3.8, 4) is 0 Å². The SMILES string of the molecule is ClCCCNc1nc2c([nH]1)CCC2. The molecule has 2 N–H and O–H groups in total. The summed E-state index contributed by atoms with van der Waals surface area (Å²) in [5, 5.41) is 3.22. The molecule has 1 aliphatic carbocycles. The number of rotatable bonds is 4. The number of anilines is 1. The van der Waals surface area contributed by atoms with Gasteiger partial charge in [0.2, 0.25) is 5.95 Å². The second-order valence-corrected chi connectivity index (χ2v) is 3.71. The Labute approximate surface area is 82.9 Å². The summed E-state index contributed by atoms with van der Waals surface area (Å²) in [6, 6.07) is 0. The lowest BCUT2D eigenvalue weighted by Crippen LogP contribution is -2.03. The average molecular weight is 200 g/mol. The maximum absolute atomic E-state index is 5.57. The summed E-state index contributed by atoms with van der Waals surface area (Å²) >= 11 is 5.57. The monoisotopic (exact) mass is 199 g/mol. The van der Waals surface area contributed by atoms with Crippen LogP contribution >= 0.6 is 11.6 Å². The third-order valence-corrected chi connectivity index (χ3v) is 2.57. The van der Waals surface area contributed by atoms with Crippen LogP contribution in [0.4, 0.5) is 5.95 Å². The maximum atomic E-state index is 5.57. The summed E-state index contributed by atoms with van der Waals surface area (Å²) in [4.78, 5) is 7.74. The summed E-state index contributed by atoms with van der Waals surface area (Å²) in [7, 11) is 0. The van der Waals surface area contributed by atoms with Gasteiger partial charge >= 0.3 is 0 Å². The summed E-state index contributed by atoms with van der Waals surface area (Å²) in [5.41, 5.74) is 2.56. The molecule has 0 unspecified atom stereocenters. The first-order chi connectivity index (χ1) is 6.40. The van der Waals surface area contributed by atoms with E-state index in [0.717, 1.165) is 31.8 Å². The lowest BCUT2D eigenvalue weighted by atomic mass is 10.4. The van der Waals surface area contributed by atoms with Gasteiger partial charge in [-0.1, -0.05) is 0 Å². The Hall–Kier alpha value is -0.700. The Morgan fingerprint density at radius 1 is 1.46 bits per heavy atom. The molecule has 4 heteroatoms. The molecule has 1 aromatic rings. The highest BCUT2D eigenvalue weighted by Gasteiger charge is 2.15. The molecule has 0 radical (unpaired) electrons. The minimum absolute atomic E-state index is 0.702. The molecule has 0 aromatic carbocycles. The second-order valence-electron chi connectivity index (χ2n) is 3.33. The molecule has 0 amide bonds. The van der Waals surface area contributed by atoms with Crippen LogP contribution in [0, 0.1) is 0 Å². The Bertz CT molecular complexity index is 261. The van der Waals surface area contributed by atoms with Crippen LogP contribution in [-0.4, -0.2) is 22.4 Å². The predicted octanol–water partition coefficient (Wildman–Crippen LogP) is 1.94. The highest BCUT2D eigenvalue weighted by molar-refractivity contribution is 6.17. The van der Waals surface area contributed by atoms with E-state index in [-0.39, 0.29) is 0 Å². The van der Waals surface area contributed by atoms with Crippen LogP contribution in [-0.2, 0) is 12.8 Å². The Morgan fingerprint density at radius 3 is 3.15 bits per heavy atom. The Balaban J connectivity index is 1.91. The molecule has 2 rings (SSSR count). The first-order valence-corrected chi connectivity index (χ1v) is 5.31. The van der Waals surface area contributed by atoms with Gasteiger partial charge < -0.3 is 10.3 Å². The zero-order chi connectivity index (χ0) is 9.10. The zero-order valence-electron chi connectivity index (χ0n) is 7.57. The van der Waals surface area contributed by atoms with Gasteiger partial charge in [0.05, 0.1) is 5.69 Å². The molecule has 3 nitrogen and oxygen atoms in total. The topological polar surface area (TPSA) is 40.7 Å². The van der Waals surface area contributed by atoms with Crippen LogP contribution in [0.15, 0.2) is 0 Å². The maximum Gasteiger partial charge on any atom is 0.200 e. The molecule has 0 atom stereocenters. The molecule has 1 aromatic heterocycles. The molecular weight excluding hydrogens is 186 g/mol. The van der Waals surface area contributed by atoms with Crippen LogP contribution in [0.5, 0.6) is 0 Å². The Kier molecular flexibility index (Phi) is 2.74. The van der Waals surface area contributed by atoms with E-state index in [2.05, 4.69) is 15.3 Å². The number of fused-ring (bicyclic) bond motifs is 1. The van der Waals surface area contributed by atoms with Crippen LogP contribution in [0.1, 0.15) is 24.2 Å². The van der Waals surface area contributed by atoms with Crippen LogP contribution < -0.4 is 5.32 Å². The van der Waals surface area contributed by atoms with E-state index in [4.69, 9.17) is 11.6 Å². The highest BCUT2D eigenvalue weighted by atomic mass is 35.5. The fraction of sp³-hybridized carbons (Fsp3) is 0.667. The predicted molar refractivity (Wildman–Crippen MR) is 54.4 cm³/mol. The van der Waals surface area contributed by atoms with Gasteiger partial charge in [0.25, 0.3) is 0 Å². The summed E-state index contributed by atoms with van der Waals surface area (Å²) in [6.45, 7) is 0.899. The molecule has 1 heterocycles. The number of alkyl halides is 1. The molecule has 72 valence electrons. The van der Waals surface area contributed by atoms with Gasteiger partial charge in [-0.2, -0.15) is 0 Å². The number of aryl methyl sites for hydroxylation is 2. The van der Waals surface area contributed by atoms with Crippen LogP contribution in [0.3, 0.4) is 0 Å². The number of aromatic nitrogens is 2. The van der Waals surface area contributed by atoms with E-state index in [9.17, 15) is 0 Å². The standard InChI is InChI=1S/C9H14ClN3/c10-5-2-6-11-9-12-7-3-1-4-8(7)13-9/h1-6H2,(H2,11,12,13). The molecule has 1 aliphatic rings. The van der Waals surface area contributed by atoms with Crippen molar-refractivity contribution in [2.45, 2.75) is 25.7 Å². The number of nitrogens with one attached hydrogen (secondary N) is 2. The number of hydrogen-bond donors (Lipinski definition) is 2.